The Kier molecular flexibility index (Phi) is 11.8. The van der Waals surface area contributed by atoms with Crippen LogP contribution in [0.4, 0.5) is 0 Å². The molecule has 0 aromatic carbocycles. The topological polar surface area (TPSA) is 275 Å². The Morgan fingerprint density at radius 1 is 0.600 bits per heavy atom. The van der Waals surface area contributed by atoms with E-state index >= 15 is 0 Å². The van der Waals surface area contributed by atoms with Crippen LogP contribution in [-0.4, -0.2) is 71.2 Å². The van der Waals surface area contributed by atoms with E-state index in [0.29, 0.717) is 0 Å². The molecule has 216 valence electrons. The molecule has 5 rings (SSSR count). The summed E-state index contributed by atoms with van der Waals surface area (Å²) < 4.78 is 19.9. The maximum absolute atomic E-state index is 11.6. The van der Waals surface area contributed by atoms with Crippen molar-refractivity contribution in [3.8, 4) is 11.5 Å². The van der Waals surface area contributed by atoms with Crippen molar-refractivity contribution < 1.29 is 58.7 Å². The normalized spacial score (nSPS) is 15.1. The van der Waals surface area contributed by atoms with Crippen LogP contribution >= 0.6 is 0 Å². The number of carbonyl (C=O) groups excluding carboxylic acids is 4. The smallest absolute Gasteiger partial charge is 0.294 e. The van der Waals surface area contributed by atoms with E-state index in [2.05, 4.69) is 0 Å². The van der Waals surface area contributed by atoms with E-state index in [1.165, 1.54) is 24.3 Å². The molecule has 0 aliphatic carbocycles. The van der Waals surface area contributed by atoms with Gasteiger partial charge in [0.15, 0.2) is 11.5 Å². The number of allylic oxidation sites excluding steroid dienone is 2. The number of aromatic hydroxyl groups is 2. The van der Waals surface area contributed by atoms with E-state index < -0.39 is 57.1 Å². The fourth-order valence-corrected chi connectivity index (χ4v) is 3.23. The van der Waals surface area contributed by atoms with Crippen molar-refractivity contribution in [1.29, 1.82) is 0 Å². The van der Waals surface area contributed by atoms with Gasteiger partial charge in [0.05, 0.1) is 26.4 Å². The third-order valence-electron chi connectivity index (χ3n) is 4.93. The van der Waals surface area contributed by atoms with Crippen molar-refractivity contribution in [2.45, 2.75) is 13.8 Å². The molecule has 3 aliphatic rings. The first kappa shape index (κ1) is 33.1. The van der Waals surface area contributed by atoms with E-state index in [0.717, 1.165) is 26.4 Å². The molecule has 16 nitrogen and oxygen atoms in total. The van der Waals surface area contributed by atoms with Gasteiger partial charge in [0.2, 0.25) is 33.9 Å². The number of imide groups is 2. The first-order valence-corrected chi connectivity index (χ1v) is 11.0. The summed E-state index contributed by atoms with van der Waals surface area (Å²) >= 11 is 0. The maximum atomic E-state index is 11.6. The summed E-state index contributed by atoms with van der Waals surface area (Å²) in [6.45, 7) is 6.41. The van der Waals surface area contributed by atoms with Crippen LogP contribution in [0.15, 0.2) is 30.6 Å². The molecular formula is C24H26N2O14. The highest BCUT2D eigenvalue weighted by Crippen LogP contribution is 2.22. The van der Waals surface area contributed by atoms with Gasteiger partial charge in [-0.15, -0.1) is 0 Å². The van der Waals surface area contributed by atoms with Crippen LogP contribution in [-0.2, 0) is 9.47 Å². The lowest BCUT2D eigenvalue weighted by molar-refractivity contribution is -0.0334. The molecule has 8 N–H and O–H groups in total. The molecule has 0 unspecified atom stereocenters. The molecule has 1 saturated heterocycles. The summed E-state index contributed by atoms with van der Waals surface area (Å²) in [5, 5.41) is 22.7. The van der Waals surface area contributed by atoms with Gasteiger partial charge in [-0.2, -0.15) is 0 Å². The van der Waals surface area contributed by atoms with E-state index in [1.54, 1.807) is 13.8 Å². The third kappa shape index (κ3) is 6.75. The number of nitrogens with one attached hydrogen (secondary N) is 2. The third-order valence-corrected chi connectivity index (χ3v) is 4.93. The van der Waals surface area contributed by atoms with Gasteiger partial charge in [0.1, 0.15) is 11.1 Å². The van der Waals surface area contributed by atoms with Crippen LogP contribution in [0, 0.1) is 0 Å². The summed E-state index contributed by atoms with van der Waals surface area (Å²) in [5.74, 6) is -5.62. The van der Waals surface area contributed by atoms with Crippen molar-refractivity contribution in [2.24, 2.45) is 0 Å². The molecular weight excluding hydrogens is 540 g/mol. The minimum atomic E-state index is -0.905. The molecule has 1 fully saturated rings. The van der Waals surface area contributed by atoms with Crippen LogP contribution in [0.5, 0.6) is 11.5 Å². The molecule has 2 aromatic rings. The van der Waals surface area contributed by atoms with E-state index in [-0.39, 0.29) is 34.0 Å². The number of ether oxygens (including phenoxy) is 2. The molecule has 3 aliphatic heterocycles. The number of rotatable bonds is 2. The lowest BCUT2D eigenvalue weighted by Gasteiger charge is -2.09. The van der Waals surface area contributed by atoms with Gasteiger partial charge in [-0.3, -0.25) is 39.4 Å². The van der Waals surface area contributed by atoms with Crippen molar-refractivity contribution in [3.63, 3.8) is 0 Å². The lowest BCUT2D eigenvalue weighted by Crippen LogP contribution is -2.22. The molecule has 5 heterocycles. The van der Waals surface area contributed by atoms with Gasteiger partial charge in [-0.1, -0.05) is 12.2 Å². The fourth-order valence-electron chi connectivity index (χ4n) is 3.23. The van der Waals surface area contributed by atoms with Gasteiger partial charge in [0.25, 0.3) is 23.6 Å². The molecule has 0 radical (unpaired) electrons. The Morgan fingerprint density at radius 2 is 0.925 bits per heavy atom. The van der Waals surface area contributed by atoms with E-state index in [4.69, 9.17) is 18.3 Å². The Labute approximate surface area is 224 Å². The van der Waals surface area contributed by atoms with Crippen molar-refractivity contribution in [3.05, 3.63) is 66.8 Å². The highest BCUT2D eigenvalue weighted by Gasteiger charge is 2.36. The molecule has 40 heavy (non-hydrogen) atoms. The summed E-state index contributed by atoms with van der Waals surface area (Å²) in [4.78, 5) is 68.0. The predicted molar refractivity (Wildman–Crippen MR) is 135 cm³/mol. The number of amides is 4. The van der Waals surface area contributed by atoms with Gasteiger partial charge in [-0.25, -0.2) is 0 Å². The number of carbonyl (C=O) groups is 4. The summed E-state index contributed by atoms with van der Waals surface area (Å²) in [5.41, 5.74) is -2.71. The minimum absolute atomic E-state index is 0. The first-order chi connectivity index (χ1) is 18.1. The predicted octanol–water partition coefficient (Wildman–Crippen LogP) is -1.09. The van der Waals surface area contributed by atoms with E-state index in [9.17, 15) is 39.0 Å². The second-order valence-electron chi connectivity index (χ2n) is 7.49. The average Bonchev–Trinajstić information content (AvgIpc) is 3.35. The monoisotopic (exact) mass is 566 g/mol. The van der Waals surface area contributed by atoms with Crippen LogP contribution in [0.25, 0.3) is 12.2 Å². The second kappa shape index (κ2) is 14.3. The molecule has 0 atom stereocenters. The Bertz CT molecular complexity index is 1360. The summed E-state index contributed by atoms with van der Waals surface area (Å²) in [6.07, 6.45) is 5.71. The summed E-state index contributed by atoms with van der Waals surface area (Å²) in [6, 6.07) is 0. The standard InChI is InChI=1S/2C10H7NO5.C4H8O2.2H2O/c2*1-2-3-4-6(12)7(13)5-8(16-4)10(15)11-9(5)14;1-2-6-4-3-5-1;;/h2*2-3,12H,1H3,(H,11,14,15);1-4H2;2*1H2/b2*3-2+;;;. The molecule has 0 spiro atoms. The van der Waals surface area contributed by atoms with Crippen LogP contribution < -0.4 is 21.5 Å². The van der Waals surface area contributed by atoms with Gasteiger partial charge in [-0.05, 0) is 26.0 Å². The SMILES string of the molecule is C/C=C/c1oc2c(c(=O)c1O)C(=O)NC2=O.C/C=C/c1oc2c(c(=O)c1O)C(=O)NC2=O.C1COCCO1.O.O. The molecule has 16 heteroatoms. The van der Waals surface area contributed by atoms with E-state index in [1.807, 2.05) is 10.6 Å². The largest absolute Gasteiger partial charge is 0.502 e. The van der Waals surface area contributed by atoms with Crippen LogP contribution in [0.2, 0.25) is 0 Å². The average molecular weight is 566 g/mol. The van der Waals surface area contributed by atoms with Crippen LogP contribution in [0.3, 0.4) is 0 Å². The lowest BCUT2D eigenvalue weighted by atomic mass is 10.2. The van der Waals surface area contributed by atoms with Crippen LogP contribution in [0.1, 0.15) is 67.2 Å². The zero-order chi connectivity index (χ0) is 28.0. The zero-order valence-corrected chi connectivity index (χ0v) is 21.1. The molecule has 2 aromatic heterocycles. The zero-order valence-electron chi connectivity index (χ0n) is 21.1. The van der Waals surface area contributed by atoms with Gasteiger partial charge < -0.3 is 39.5 Å². The van der Waals surface area contributed by atoms with Gasteiger partial charge in [0, 0.05) is 0 Å². The van der Waals surface area contributed by atoms with Gasteiger partial charge >= 0.3 is 0 Å². The minimum Gasteiger partial charge on any atom is -0.502 e. The Hall–Kier alpha value is -4.90. The van der Waals surface area contributed by atoms with Crippen molar-refractivity contribution in [2.75, 3.05) is 26.4 Å². The number of hydrogen-bond donors (Lipinski definition) is 4. The Morgan fingerprint density at radius 3 is 1.20 bits per heavy atom. The number of fused-ring (bicyclic) bond motifs is 2. The fraction of sp³-hybridized carbons (Fsp3) is 0.250. The maximum Gasteiger partial charge on any atom is 0.294 e. The van der Waals surface area contributed by atoms with Crippen molar-refractivity contribution >= 4 is 35.8 Å². The molecule has 0 saturated carbocycles. The molecule has 4 amide bonds. The Balaban J connectivity index is 0.000000319. The quantitative estimate of drug-likeness (QED) is 0.316. The highest BCUT2D eigenvalue weighted by molar-refractivity contribution is 6.20. The summed E-state index contributed by atoms with van der Waals surface area (Å²) in [7, 11) is 0. The second-order valence-corrected chi connectivity index (χ2v) is 7.49. The first-order valence-electron chi connectivity index (χ1n) is 11.0. The highest BCUT2D eigenvalue weighted by atomic mass is 16.6. The number of hydrogen-bond acceptors (Lipinski definition) is 12. The molecule has 0 bridgehead atoms. The van der Waals surface area contributed by atoms with Crippen molar-refractivity contribution in [1.82, 2.24) is 10.6 Å².